The zero-order chi connectivity index (χ0) is 31.4. The van der Waals surface area contributed by atoms with Crippen molar-refractivity contribution in [1.82, 2.24) is 19.9 Å². The van der Waals surface area contributed by atoms with Gasteiger partial charge in [-0.05, 0) is 100 Å². The summed E-state index contributed by atoms with van der Waals surface area (Å²) in [6.45, 7) is 5.10. The van der Waals surface area contributed by atoms with Crippen LogP contribution in [0.15, 0.2) is 58.4 Å². The first-order valence-electron chi connectivity index (χ1n) is 15.3. The van der Waals surface area contributed by atoms with Crippen LogP contribution in [-0.4, -0.2) is 45.0 Å². The van der Waals surface area contributed by atoms with Crippen molar-refractivity contribution in [3.05, 3.63) is 81.1 Å². The van der Waals surface area contributed by atoms with E-state index < -0.39 is 11.5 Å². The smallest absolute Gasteiger partial charge is 0.354 e. The number of piperidine rings is 1. The molecule has 11 heteroatoms. The Bertz CT molecular complexity index is 1700. The van der Waals surface area contributed by atoms with Gasteiger partial charge in [-0.1, -0.05) is 23.7 Å². The number of fused-ring (bicyclic) bond motifs is 1. The minimum Gasteiger partial charge on any atom is -0.386 e. The van der Waals surface area contributed by atoms with Gasteiger partial charge < -0.3 is 27.5 Å². The molecule has 2 aromatic carbocycles. The van der Waals surface area contributed by atoms with Crippen LogP contribution in [0.1, 0.15) is 69.5 Å². The topological polar surface area (TPSA) is 153 Å². The molecule has 3 atom stereocenters. The van der Waals surface area contributed by atoms with E-state index in [1.54, 1.807) is 24.4 Å². The number of halogens is 2. The van der Waals surface area contributed by atoms with Gasteiger partial charge in [0.25, 0.3) is 0 Å². The molecule has 0 amide bonds. The van der Waals surface area contributed by atoms with E-state index in [9.17, 15) is 4.79 Å². The van der Waals surface area contributed by atoms with Gasteiger partial charge in [0.1, 0.15) is 11.5 Å². The van der Waals surface area contributed by atoms with Crippen LogP contribution in [-0.2, 0) is 6.42 Å². The average molecular weight is 621 g/mol. The number of hydrogen-bond acceptors (Lipinski definition) is 6. The number of aryl methyl sites for hydroxylation is 1. The Labute approximate surface area is 262 Å². The number of H-pyrrole nitrogens is 1. The second kappa shape index (κ2) is 13.6. The molecule has 1 aliphatic rings. The molecule has 8 N–H and O–H groups in total. The van der Waals surface area contributed by atoms with Gasteiger partial charge in [-0.2, -0.15) is 4.98 Å². The second-order valence-electron chi connectivity index (χ2n) is 12.3. The third-order valence-corrected chi connectivity index (χ3v) is 8.79. The number of aromatic nitrogens is 3. The minimum atomic E-state index is -0.514. The Hall–Kier alpha value is -3.57. The van der Waals surface area contributed by atoms with E-state index in [-0.39, 0.29) is 29.2 Å². The summed E-state index contributed by atoms with van der Waals surface area (Å²) in [4.78, 5) is 24.8. The van der Waals surface area contributed by atoms with Crippen LogP contribution in [0.3, 0.4) is 0 Å². The van der Waals surface area contributed by atoms with Crippen LogP contribution in [0.2, 0.25) is 5.02 Å². The van der Waals surface area contributed by atoms with Crippen LogP contribution in [0.25, 0.3) is 28.0 Å². The third kappa shape index (κ3) is 7.38. The fourth-order valence-electron chi connectivity index (χ4n) is 6.02. The SMILES string of the molecule is C[C@H](N)CCCc1cc(Cl)c(F)c(-c2cc3cn(-c4ccc([C@@H]5CCCC(C)(CCN=C(N)CN)N5)cc4)c(=O)nc3[nH]2)c1. The second-order valence-corrected chi connectivity index (χ2v) is 12.7. The summed E-state index contributed by atoms with van der Waals surface area (Å²) >= 11 is 6.26. The molecule has 2 aromatic heterocycles. The van der Waals surface area contributed by atoms with Crippen molar-refractivity contribution in [1.29, 1.82) is 0 Å². The molecule has 1 fully saturated rings. The van der Waals surface area contributed by atoms with Gasteiger partial charge in [-0.3, -0.25) is 9.56 Å². The molecular weight excluding hydrogens is 579 g/mol. The van der Waals surface area contributed by atoms with Crippen LogP contribution < -0.4 is 28.2 Å². The summed E-state index contributed by atoms with van der Waals surface area (Å²) < 4.78 is 16.6. The van der Waals surface area contributed by atoms with E-state index in [0.717, 1.165) is 56.1 Å². The van der Waals surface area contributed by atoms with Gasteiger partial charge >= 0.3 is 5.69 Å². The summed E-state index contributed by atoms with van der Waals surface area (Å²) in [6.07, 6.45) is 8.27. The van der Waals surface area contributed by atoms with E-state index in [2.05, 4.69) is 39.3 Å². The lowest BCUT2D eigenvalue weighted by Gasteiger charge is -2.40. The van der Waals surface area contributed by atoms with Gasteiger partial charge in [0, 0.05) is 41.3 Å². The lowest BCUT2D eigenvalue weighted by atomic mass is 9.83. The molecule has 9 nitrogen and oxygen atoms in total. The molecule has 0 bridgehead atoms. The molecule has 5 rings (SSSR count). The van der Waals surface area contributed by atoms with E-state index >= 15 is 4.39 Å². The lowest BCUT2D eigenvalue weighted by molar-refractivity contribution is 0.215. The highest BCUT2D eigenvalue weighted by Gasteiger charge is 2.31. The Kier molecular flexibility index (Phi) is 9.84. The van der Waals surface area contributed by atoms with Gasteiger partial charge in [0.15, 0.2) is 5.82 Å². The standard InChI is InChI=1S/C33H42ClFN8O/c1-20(37)5-3-6-21-15-25(30(35)26(34)16-21)28-17-23-19-43(32(44)41-31(23)40-28)24-10-8-22(9-11-24)27-7-4-12-33(2,42-27)13-14-39-29(38)18-36/h8-11,15-17,19-20,27,42H,3-7,12-14,18,36-37H2,1-2H3,(H2,38,39)(H,40,41,44)/t20-,27-,33?/m0/s1. The summed E-state index contributed by atoms with van der Waals surface area (Å²) in [5.41, 5.74) is 20.8. The number of hydrogen-bond donors (Lipinski definition) is 5. The van der Waals surface area contributed by atoms with Gasteiger partial charge in [-0.25, -0.2) is 9.18 Å². The monoisotopic (exact) mass is 620 g/mol. The fraction of sp³-hybridized carbons (Fsp3) is 0.424. The molecule has 0 saturated carbocycles. The van der Waals surface area contributed by atoms with Crippen LogP contribution in [0.4, 0.5) is 4.39 Å². The fourth-order valence-corrected chi connectivity index (χ4v) is 6.27. The molecule has 0 aliphatic carbocycles. The van der Waals surface area contributed by atoms with Gasteiger partial charge in [-0.15, -0.1) is 0 Å². The Morgan fingerprint density at radius 2 is 2.05 bits per heavy atom. The molecular formula is C33H42ClFN8O. The third-order valence-electron chi connectivity index (χ3n) is 8.52. The van der Waals surface area contributed by atoms with E-state index in [0.29, 0.717) is 40.4 Å². The normalized spacial score (nSPS) is 19.9. The summed E-state index contributed by atoms with van der Waals surface area (Å²) in [5, 5.41) is 4.55. The van der Waals surface area contributed by atoms with E-state index in [1.807, 2.05) is 19.1 Å². The first-order valence-corrected chi connectivity index (χ1v) is 15.7. The Morgan fingerprint density at radius 1 is 1.27 bits per heavy atom. The number of aliphatic imine (C=N–C) groups is 1. The molecule has 1 saturated heterocycles. The molecule has 1 aliphatic heterocycles. The number of benzene rings is 2. The molecule has 0 spiro atoms. The molecule has 3 heterocycles. The van der Waals surface area contributed by atoms with Crippen LogP contribution in [0.5, 0.6) is 0 Å². The van der Waals surface area contributed by atoms with Crippen molar-refractivity contribution in [3.8, 4) is 16.9 Å². The Morgan fingerprint density at radius 3 is 2.77 bits per heavy atom. The van der Waals surface area contributed by atoms with Crippen molar-refractivity contribution >= 4 is 28.5 Å². The van der Waals surface area contributed by atoms with E-state index in [1.165, 1.54) is 4.57 Å². The first kappa shape index (κ1) is 31.8. The number of amidine groups is 1. The number of nitrogens with two attached hydrogens (primary N) is 3. The quantitative estimate of drug-likeness (QED) is 0.116. The predicted octanol–water partition coefficient (Wildman–Crippen LogP) is 5.12. The maximum Gasteiger partial charge on any atom is 0.354 e. The molecule has 44 heavy (non-hydrogen) atoms. The predicted molar refractivity (Wildman–Crippen MR) is 177 cm³/mol. The average Bonchev–Trinajstić information content (AvgIpc) is 3.40. The Balaban J connectivity index is 1.35. The number of nitrogens with zero attached hydrogens (tertiary/aromatic N) is 3. The summed E-state index contributed by atoms with van der Waals surface area (Å²) in [5.74, 6) is -0.0373. The van der Waals surface area contributed by atoms with E-state index in [4.69, 9.17) is 28.8 Å². The van der Waals surface area contributed by atoms with Crippen molar-refractivity contribution in [2.75, 3.05) is 13.1 Å². The maximum atomic E-state index is 15.1. The highest BCUT2D eigenvalue weighted by Crippen LogP contribution is 2.34. The molecule has 1 unspecified atom stereocenters. The summed E-state index contributed by atoms with van der Waals surface area (Å²) in [6, 6.07) is 13.5. The lowest BCUT2D eigenvalue weighted by Crippen LogP contribution is -2.48. The van der Waals surface area contributed by atoms with Crippen LogP contribution in [0, 0.1) is 5.82 Å². The zero-order valence-electron chi connectivity index (χ0n) is 25.4. The molecule has 4 aromatic rings. The van der Waals surface area contributed by atoms with Crippen molar-refractivity contribution in [2.24, 2.45) is 22.2 Å². The van der Waals surface area contributed by atoms with Gasteiger partial charge in [0.05, 0.1) is 22.9 Å². The number of nitrogens with one attached hydrogen (secondary N) is 2. The number of rotatable bonds is 11. The van der Waals surface area contributed by atoms with Gasteiger partial charge in [0.2, 0.25) is 0 Å². The first-order chi connectivity index (χ1) is 21.0. The highest BCUT2D eigenvalue weighted by molar-refractivity contribution is 6.31. The largest absolute Gasteiger partial charge is 0.386 e. The molecule has 234 valence electrons. The maximum absolute atomic E-state index is 15.1. The van der Waals surface area contributed by atoms with Crippen molar-refractivity contribution < 1.29 is 4.39 Å². The summed E-state index contributed by atoms with van der Waals surface area (Å²) in [7, 11) is 0. The van der Waals surface area contributed by atoms with Crippen molar-refractivity contribution in [3.63, 3.8) is 0 Å². The van der Waals surface area contributed by atoms with Crippen molar-refractivity contribution in [2.45, 2.75) is 76.4 Å². The zero-order valence-corrected chi connectivity index (χ0v) is 26.1. The number of aromatic amines is 1. The minimum absolute atomic E-state index is 0.0515. The molecule has 0 radical (unpaired) electrons. The van der Waals surface area contributed by atoms with Crippen LogP contribution >= 0.6 is 11.6 Å². The highest BCUT2D eigenvalue weighted by atomic mass is 35.5.